The molecule has 1 atom stereocenters. The zero-order valence-electron chi connectivity index (χ0n) is 10.1. The van der Waals surface area contributed by atoms with E-state index in [2.05, 4.69) is 5.92 Å². The van der Waals surface area contributed by atoms with Gasteiger partial charge in [0.15, 0.2) is 0 Å². The summed E-state index contributed by atoms with van der Waals surface area (Å²) in [5.74, 6) is 1.48. The fraction of sp³-hybridized carbons (Fsp3) is 0.400. The lowest BCUT2D eigenvalue weighted by atomic mass is 9.92. The van der Waals surface area contributed by atoms with Gasteiger partial charge >= 0.3 is 5.97 Å². The summed E-state index contributed by atoms with van der Waals surface area (Å²) in [7, 11) is 0. The summed E-state index contributed by atoms with van der Waals surface area (Å²) < 4.78 is 0. The van der Waals surface area contributed by atoms with E-state index in [1.165, 1.54) is 0 Å². The Labute approximate surface area is 103 Å². The Morgan fingerprint density at radius 2 is 2.18 bits per heavy atom. The molecular weight excluding hydrogens is 212 g/mol. The second kappa shape index (κ2) is 6.75. The van der Waals surface area contributed by atoms with Crippen LogP contribution in [0, 0.1) is 25.2 Å². The maximum Gasteiger partial charge on any atom is 0.306 e. The maximum atomic E-state index is 11.2. The third-order valence-corrected chi connectivity index (χ3v) is 2.95. The summed E-state index contributed by atoms with van der Waals surface area (Å²) in [5.41, 5.74) is 2.26. The van der Waals surface area contributed by atoms with Crippen LogP contribution >= 0.6 is 0 Å². The van der Waals surface area contributed by atoms with Crippen molar-refractivity contribution in [2.45, 2.75) is 32.6 Å². The molecule has 1 rings (SSSR count). The highest BCUT2D eigenvalue weighted by atomic mass is 16.4. The molecule has 0 saturated heterocycles. The van der Waals surface area contributed by atoms with Crippen molar-refractivity contribution in [1.29, 1.82) is 0 Å². The van der Waals surface area contributed by atoms with Crippen LogP contribution in [0.15, 0.2) is 24.3 Å². The molecule has 2 nitrogen and oxygen atoms in total. The van der Waals surface area contributed by atoms with Crippen molar-refractivity contribution < 1.29 is 9.90 Å². The number of carboxylic acid groups (broad SMARTS) is 1. The van der Waals surface area contributed by atoms with Crippen LogP contribution in [-0.4, -0.2) is 11.1 Å². The number of hydrogen-bond donors (Lipinski definition) is 1. The molecule has 0 radical (unpaired) electrons. The molecule has 0 amide bonds. The lowest BCUT2D eigenvalue weighted by Crippen LogP contribution is -2.17. The van der Waals surface area contributed by atoms with Gasteiger partial charge in [-0.2, -0.15) is 0 Å². The molecule has 1 N–H and O–H groups in total. The van der Waals surface area contributed by atoms with Crippen LogP contribution in [0.2, 0.25) is 0 Å². The van der Waals surface area contributed by atoms with Gasteiger partial charge in [0.05, 0.1) is 5.92 Å². The Morgan fingerprint density at radius 1 is 1.47 bits per heavy atom. The molecular formula is C15H18O2. The molecule has 17 heavy (non-hydrogen) atoms. The highest BCUT2D eigenvalue weighted by Gasteiger charge is 2.17. The van der Waals surface area contributed by atoms with E-state index in [0.717, 1.165) is 17.5 Å². The minimum atomic E-state index is -0.731. The standard InChI is InChI=1S/C15H18O2/c1-3-4-5-10-14(15(16)17)11-13-9-7-6-8-12(13)2/h1,6-9,14H,4-5,10-11H2,2H3,(H,16,17). The van der Waals surface area contributed by atoms with Gasteiger partial charge in [-0.25, -0.2) is 0 Å². The highest BCUT2D eigenvalue weighted by Crippen LogP contribution is 2.18. The van der Waals surface area contributed by atoms with E-state index in [-0.39, 0.29) is 5.92 Å². The van der Waals surface area contributed by atoms with Crippen LogP contribution in [0.1, 0.15) is 30.4 Å². The van der Waals surface area contributed by atoms with Crippen LogP contribution in [0.4, 0.5) is 0 Å². The van der Waals surface area contributed by atoms with Gasteiger partial charge in [0.25, 0.3) is 0 Å². The Morgan fingerprint density at radius 3 is 2.76 bits per heavy atom. The Hall–Kier alpha value is -1.75. The molecule has 0 aliphatic carbocycles. The van der Waals surface area contributed by atoms with E-state index in [1.807, 2.05) is 31.2 Å². The predicted molar refractivity (Wildman–Crippen MR) is 68.7 cm³/mol. The third-order valence-electron chi connectivity index (χ3n) is 2.95. The molecule has 0 spiro atoms. The van der Waals surface area contributed by atoms with Gasteiger partial charge in [0.2, 0.25) is 0 Å². The first-order valence-electron chi connectivity index (χ1n) is 5.86. The number of terminal acetylenes is 1. The minimum absolute atomic E-state index is 0.329. The molecule has 90 valence electrons. The van der Waals surface area contributed by atoms with E-state index < -0.39 is 5.97 Å². The second-order valence-electron chi connectivity index (χ2n) is 4.26. The largest absolute Gasteiger partial charge is 0.481 e. The maximum absolute atomic E-state index is 11.2. The molecule has 0 fully saturated rings. The fourth-order valence-electron chi connectivity index (χ4n) is 1.87. The van der Waals surface area contributed by atoms with Gasteiger partial charge < -0.3 is 5.11 Å². The number of rotatable bonds is 6. The van der Waals surface area contributed by atoms with Gasteiger partial charge in [-0.1, -0.05) is 24.3 Å². The molecule has 0 saturated carbocycles. The first kappa shape index (κ1) is 13.3. The molecule has 1 aromatic rings. The van der Waals surface area contributed by atoms with Gasteiger partial charge in [-0.3, -0.25) is 4.79 Å². The summed E-state index contributed by atoms with van der Waals surface area (Å²) in [6.45, 7) is 2.01. The van der Waals surface area contributed by atoms with E-state index >= 15 is 0 Å². The van der Waals surface area contributed by atoms with E-state index in [9.17, 15) is 9.90 Å². The smallest absolute Gasteiger partial charge is 0.306 e. The summed E-state index contributed by atoms with van der Waals surface area (Å²) >= 11 is 0. The third kappa shape index (κ3) is 4.32. The van der Waals surface area contributed by atoms with Gasteiger partial charge in [0.1, 0.15) is 0 Å². The normalized spacial score (nSPS) is 11.8. The van der Waals surface area contributed by atoms with Crippen molar-refractivity contribution in [3.63, 3.8) is 0 Å². The lowest BCUT2D eigenvalue weighted by Gasteiger charge is -2.13. The van der Waals surface area contributed by atoms with E-state index in [1.54, 1.807) is 0 Å². The Bertz CT molecular complexity index is 415. The summed E-state index contributed by atoms with van der Waals surface area (Å²) in [5, 5.41) is 9.17. The number of hydrogen-bond acceptors (Lipinski definition) is 1. The molecule has 1 aromatic carbocycles. The lowest BCUT2D eigenvalue weighted by molar-refractivity contribution is -0.141. The molecule has 0 aliphatic heterocycles. The fourth-order valence-corrected chi connectivity index (χ4v) is 1.87. The molecule has 1 unspecified atom stereocenters. The van der Waals surface area contributed by atoms with Crippen LogP contribution in [0.3, 0.4) is 0 Å². The quantitative estimate of drug-likeness (QED) is 0.602. The first-order chi connectivity index (χ1) is 8.15. The minimum Gasteiger partial charge on any atom is -0.481 e. The van der Waals surface area contributed by atoms with Crippen molar-refractivity contribution in [3.05, 3.63) is 35.4 Å². The van der Waals surface area contributed by atoms with Crippen LogP contribution < -0.4 is 0 Å². The average Bonchev–Trinajstić information content (AvgIpc) is 2.30. The molecule has 0 aliphatic rings. The summed E-state index contributed by atoms with van der Waals surface area (Å²) in [6.07, 6.45) is 7.83. The van der Waals surface area contributed by atoms with Crippen molar-refractivity contribution >= 4 is 5.97 Å². The number of aryl methyl sites for hydroxylation is 1. The highest BCUT2D eigenvalue weighted by molar-refractivity contribution is 5.70. The molecule has 0 bridgehead atoms. The molecule has 0 aromatic heterocycles. The summed E-state index contributed by atoms with van der Waals surface area (Å²) in [4.78, 5) is 11.2. The zero-order valence-corrected chi connectivity index (χ0v) is 10.1. The van der Waals surface area contributed by atoms with Crippen molar-refractivity contribution in [2.75, 3.05) is 0 Å². The van der Waals surface area contributed by atoms with E-state index in [0.29, 0.717) is 19.3 Å². The molecule has 2 heteroatoms. The molecule has 0 heterocycles. The topological polar surface area (TPSA) is 37.3 Å². The van der Waals surface area contributed by atoms with Crippen molar-refractivity contribution in [1.82, 2.24) is 0 Å². The Balaban J connectivity index is 2.64. The van der Waals surface area contributed by atoms with Gasteiger partial charge in [-0.15, -0.1) is 12.3 Å². The van der Waals surface area contributed by atoms with Crippen molar-refractivity contribution in [3.8, 4) is 12.3 Å². The number of unbranched alkanes of at least 4 members (excludes halogenated alkanes) is 1. The first-order valence-corrected chi connectivity index (χ1v) is 5.86. The Kier molecular flexibility index (Phi) is 5.29. The number of carboxylic acids is 1. The average molecular weight is 230 g/mol. The van der Waals surface area contributed by atoms with Crippen molar-refractivity contribution in [2.24, 2.45) is 5.92 Å². The van der Waals surface area contributed by atoms with Crippen LogP contribution in [-0.2, 0) is 11.2 Å². The van der Waals surface area contributed by atoms with Crippen LogP contribution in [0.25, 0.3) is 0 Å². The number of carbonyl (C=O) groups is 1. The summed E-state index contributed by atoms with van der Waals surface area (Å²) in [6, 6.07) is 7.91. The van der Waals surface area contributed by atoms with E-state index in [4.69, 9.17) is 6.42 Å². The van der Waals surface area contributed by atoms with Gasteiger partial charge in [0, 0.05) is 6.42 Å². The second-order valence-corrected chi connectivity index (χ2v) is 4.26. The number of benzene rings is 1. The van der Waals surface area contributed by atoms with Crippen LogP contribution in [0.5, 0.6) is 0 Å². The monoisotopic (exact) mass is 230 g/mol. The zero-order chi connectivity index (χ0) is 12.7. The number of aliphatic carboxylic acids is 1. The van der Waals surface area contributed by atoms with Gasteiger partial charge in [-0.05, 0) is 37.3 Å². The predicted octanol–water partition coefficient (Wildman–Crippen LogP) is 3.04. The SMILES string of the molecule is C#CCCCC(Cc1ccccc1C)C(=O)O.